The molecule has 2 bridgehead atoms. The topological polar surface area (TPSA) is 70.2 Å². The van der Waals surface area contributed by atoms with Gasteiger partial charge in [-0.1, -0.05) is 0 Å². The molecule has 0 radical (unpaired) electrons. The largest absolute Gasteiger partial charge is 0.349 e. The minimum absolute atomic E-state index is 0. The summed E-state index contributed by atoms with van der Waals surface area (Å²) in [4.78, 5) is 23.4. The molecular formula is C16H21ClFN3O2. The highest BCUT2D eigenvalue weighted by Gasteiger charge is 2.34. The van der Waals surface area contributed by atoms with E-state index in [1.165, 1.54) is 38.0 Å². The molecule has 2 aliphatic rings. The van der Waals surface area contributed by atoms with Crippen LogP contribution in [0.1, 0.15) is 43.0 Å². The van der Waals surface area contributed by atoms with Gasteiger partial charge in [0, 0.05) is 30.6 Å². The SMILES string of the molecule is CC(=O)Nc1cc(C(=O)NC2CC3CCC(C2)N3)ccc1F.Cl. The molecule has 2 aliphatic heterocycles. The van der Waals surface area contributed by atoms with Gasteiger partial charge in [-0.05, 0) is 43.9 Å². The highest BCUT2D eigenvalue weighted by Crippen LogP contribution is 2.27. The average molecular weight is 342 g/mol. The lowest BCUT2D eigenvalue weighted by molar-refractivity contribution is -0.114. The molecule has 126 valence electrons. The first-order valence-electron chi connectivity index (χ1n) is 7.65. The molecule has 2 unspecified atom stereocenters. The van der Waals surface area contributed by atoms with Gasteiger partial charge < -0.3 is 16.0 Å². The molecule has 3 N–H and O–H groups in total. The molecule has 3 rings (SSSR count). The zero-order valence-corrected chi connectivity index (χ0v) is 13.7. The summed E-state index contributed by atoms with van der Waals surface area (Å²) >= 11 is 0. The van der Waals surface area contributed by atoms with Gasteiger partial charge in [-0.2, -0.15) is 0 Å². The summed E-state index contributed by atoms with van der Waals surface area (Å²) in [5.74, 6) is -1.14. The summed E-state index contributed by atoms with van der Waals surface area (Å²) in [6, 6.07) is 5.15. The van der Waals surface area contributed by atoms with E-state index in [9.17, 15) is 14.0 Å². The molecule has 2 heterocycles. The van der Waals surface area contributed by atoms with E-state index in [0.717, 1.165) is 12.8 Å². The van der Waals surface area contributed by atoms with Crippen molar-refractivity contribution in [3.05, 3.63) is 29.6 Å². The maximum Gasteiger partial charge on any atom is 0.251 e. The Bertz CT molecular complexity index is 599. The normalized spacial score (nSPS) is 25.4. The standard InChI is InChI=1S/C16H20FN3O2.ClH/c1-9(21)18-15-6-10(2-5-14(15)17)16(22)20-13-7-11-3-4-12(8-13)19-11;/h2,5-6,11-13,19H,3-4,7-8H2,1H3,(H,18,21)(H,20,22);1H. The number of hydrogen-bond donors (Lipinski definition) is 3. The second-order valence-electron chi connectivity index (χ2n) is 6.16. The Morgan fingerprint density at radius 1 is 1.22 bits per heavy atom. The van der Waals surface area contributed by atoms with E-state index in [1.807, 2.05) is 0 Å². The number of amides is 2. The van der Waals surface area contributed by atoms with Crippen LogP contribution < -0.4 is 16.0 Å². The van der Waals surface area contributed by atoms with E-state index in [0.29, 0.717) is 17.6 Å². The molecule has 1 aromatic carbocycles. The lowest BCUT2D eigenvalue weighted by atomic mass is 9.99. The van der Waals surface area contributed by atoms with Crippen molar-refractivity contribution >= 4 is 29.9 Å². The molecule has 2 saturated heterocycles. The number of carbonyl (C=O) groups is 2. The predicted octanol–water partition coefficient (Wildman–Crippen LogP) is 2.22. The molecule has 2 amide bonds. The first kappa shape index (κ1) is 17.7. The van der Waals surface area contributed by atoms with Crippen molar-refractivity contribution in [1.82, 2.24) is 10.6 Å². The van der Waals surface area contributed by atoms with Crippen LogP contribution >= 0.6 is 12.4 Å². The van der Waals surface area contributed by atoms with Crippen molar-refractivity contribution in [3.8, 4) is 0 Å². The molecule has 0 aromatic heterocycles. The van der Waals surface area contributed by atoms with Gasteiger partial charge in [0.25, 0.3) is 5.91 Å². The van der Waals surface area contributed by atoms with E-state index >= 15 is 0 Å². The molecule has 5 nitrogen and oxygen atoms in total. The number of nitrogens with one attached hydrogen (secondary N) is 3. The zero-order chi connectivity index (χ0) is 15.7. The summed E-state index contributed by atoms with van der Waals surface area (Å²) in [6.45, 7) is 1.30. The van der Waals surface area contributed by atoms with Crippen LogP contribution in [0, 0.1) is 5.82 Å². The summed E-state index contributed by atoms with van der Waals surface area (Å²) in [6.07, 6.45) is 4.20. The van der Waals surface area contributed by atoms with Crippen LogP contribution in [0.25, 0.3) is 0 Å². The number of rotatable bonds is 3. The van der Waals surface area contributed by atoms with Crippen molar-refractivity contribution in [2.24, 2.45) is 0 Å². The third kappa shape index (κ3) is 4.20. The van der Waals surface area contributed by atoms with Gasteiger partial charge in [-0.25, -0.2) is 4.39 Å². The van der Waals surface area contributed by atoms with Gasteiger partial charge >= 0.3 is 0 Å². The van der Waals surface area contributed by atoms with Crippen molar-refractivity contribution in [2.45, 2.75) is 50.7 Å². The third-order valence-electron chi connectivity index (χ3n) is 4.35. The van der Waals surface area contributed by atoms with Crippen LogP contribution in [-0.2, 0) is 4.79 Å². The molecule has 2 fully saturated rings. The number of benzene rings is 1. The Labute approximate surface area is 140 Å². The Balaban J connectivity index is 0.00000192. The number of piperidine rings is 1. The summed E-state index contributed by atoms with van der Waals surface area (Å²) in [5.41, 5.74) is 0.390. The molecule has 7 heteroatoms. The molecule has 0 saturated carbocycles. The van der Waals surface area contributed by atoms with Crippen molar-refractivity contribution in [1.29, 1.82) is 0 Å². The number of fused-ring (bicyclic) bond motifs is 2. The van der Waals surface area contributed by atoms with Crippen LogP contribution in [0.15, 0.2) is 18.2 Å². The number of hydrogen-bond acceptors (Lipinski definition) is 3. The quantitative estimate of drug-likeness (QED) is 0.789. The number of carbonyl (C=O) groups excluding carboxylic acids is 2. The molecule has 23 heavy (non-hydrogen) atoms. The summed E-state index contributed by atoms with van der Waals surface area (Å²) < 4.78 is 13.6. The lowest BCUT2D eigenvalue weighted by Crippen LogP contribution is -2.48. The van der Waals surface area contributed by atoms with E-state index in [2.05, 4.69) is 16.0 Å². The molecule has 2 atom stereocenters. The maximum atomic E-state index is 13.6. The first-order chi connectivity index (χ1) is 10.5. The minimum Gasteiger partial charge on any atom is -0.349 e. The maximum absolute atomic E-state index is 13.6. The second-order valence-corrected chi connectivity index (χ2v) is 6.16. The van der Waals surface area contributed by atoms with Gasteiger partial charge in [-0.3, -0.25) is 9.59 Å². The molecule has 0 spiro atoms. The minimum atomic E-state index is -0.549. The van der Waals surface area contributed by atoms with Gasteiger partial charge in [0.15, 0.2) is 0 Å². The Morgan fingerprint density at radius 2 is 1.87 bits per heavy atom. The predicted molar refractivity (Wildman–Crippen MR) is 88.4 cm³/mol. The van der Waals surface area contributed by atoms with Crippen LogP contribution in [0.4, 0.5) is 10.1 Å². The zero-order valence-electron chi connectivity index (χ0n) is 12.9. The van der Waals surface area contributed by atoms with Crippen LogP contribution in [0.2, 0.25) is 0 Å². The average Bonchev–Trinajstić information content (AvgIpc) is 2.80. The third-order valence-corrected chi connectivity index (χ3v) is 4.35. The fourth-order valence-corrected chi connectivity index (χ4v) is 3.40. The molecular weight excluding hydrogens is 321 g/mol. The Morgan fingerprint density at radius 3 is 2.48 bits per heavy atom. The van der Waals surface area contributed by atoms with Gasteiger partial charge in [-0.15, -0.1) is 12.4 Å². The monoisotopic (exact) mass is 341 g/mol. The van der Waals surface area contributed by atoms with Gasteiger partial charge in [0.05, 0.1) is 5.69 Å². The van der Waals surface area contributed by atoms with Crippen molar-refractivity contribution in [3.63, 3.8) is 0 Å². The summed E-state index contributed by atoms with van der Waals surface area (Å²) in [7, 11) is 0. The smallest absolute Gasteiger partial charge is 0.251 e. The molecule has 0 aliphatic carbocycles. The Kier molecular flexibility index (Phi) is 5.59. The number of halogens is 2. The fourth-order valence-electron chi connectivity index (χ4n) is 3.40. The van der Waals surface area contributed by atoms with E-state index in [-0.39, 0.29) is 36.0 Å². The summed E-state index contributed by atoms with van der Waals surface area (Å²) in [5, 5.41) is 8.94. The molecule has 1 aromatic rings. The fraction of sp³-hybridized carbons (Fsp3) is 0.500. The van der Waals surface area contributed by atoms with E-state index in [4.69, 9.17) is 0 Å². The van der Waals surface area contributed by atoms with E-state index in [1.54, 1.807) is 0 Å². The first-order valence-corrected chi connectivity index (χ1v) is 7.65. The van der Waals surface area contributed by atoms with Crippen LogP contribution in [0.5, 0.6) is 0 Å². The number of anilines is 1. The Hall–Kier alpha value is -1.66. The van der Waals surface area contributed by atoms with E-state index < -0.39 is 5.82 Å². The van der Waals surface area contributed by atoms with Crippen molar-refractivity contribution in [2.75, 3.05) is 5.32 Å². The lowest BCUT2D eigenvalue weighted by Gasteiger charge is -2.29. The van der Waals surface area contributed by atoms with Crippen LogP contribution in [0.3, 0.4) is 0 Å². The van der Waals surface area contributed by atoms with Crippen molar-refractivity contribution < 1.29 is 14.0 Å². The van der Waals surface area contributed by atoms with Gasteiger partial charge in [0.2, 0.25) is 5.91 Å². The highest BCUT2D eigenvalue weighted by molar-refractivity contribution is 5.97. The van der Waals surface area contributed by atoms with Gasteiger partial charge in [0.1, 0.15) is 5.82 Å². The second kappa shape index (κ2) is 7.27. The van der Waals surface area contributed by atoms with Crippen LogP contribution in [-0.4, -0.2) is 29.9 Å². The highest BCUT2D eigenvalue weighted by atomic mass is 35.5.